The van der Waals surface area contributed by atoms with E-state index in [1.54, 1.807) is 0 Å². The van der Waals surface area contributed by atoms with Gasteiger partial charge in [0, 0.05) is 16.5 Å². The standard InChI is InChI=1S/5CH4.Ni/h5*1H4;. The molecular weight excluding hydrogens is 119 g/mol. The van der Waals surface area contributed by atoms with Crippen LogP contribution in [0, 0.1) is 0 Å². The fourth-order valence-electron chi connectivity index (χ4n) is 0. The molecule has 0 fully saturated rings. The summed E-state index contributed by atoms with van der Waals surface area (Å²) in [4.78, 5) is 0. The van der Waals surface area contributed by atoms with Crippen LogP contribution in [0.25, 0.3) is 0 Å². The van der Waals surface area contributed by atoms with E-state index >= 15 is 0 Å². The second-order valence-electron chi connectivity index (χ2n) is 0. The molecule has 0 spiro atoms. The molecule has 0 aliphatic rings. The molecule has 0 N–H and O–H groups in total. The van der Waals surface area contributed by atoms with Gasteiger partial charge in [0.1, 0.15) is 0 Å². The van der Waals surface area contributed by atoms with E-state index < -0.39 is 0 Å². The topological polar surface area (TPSA) is 0 Å². The summed E-state index contributed by atoms with van der Waals surface area (Å²) in [6.07, 6.45) is 0. The van der Waals surface area contributed by atoms with Gasteiger partial charge in [-0.1, -0.05) is 37.1 Å². The van der Waals surface area contributed by atoms with Crippen molar-refractivity contribution in [3.05, 3.63) is 0 Å². The molecule has 0 nitrogen and oxygen atoms in total. The minimum absolute atomic E-state index is 0. The first-order chi connectivity index (χ1) is 0. The summed E-state index contributed by atoms with van der Waals surface area (Å²) in [5.74, 6) is 0. The monoisotopic (exact) mass is 138 g/mol. The summed E-state index contributed by atoms with van der Waals surface area (Å²) in [5.41, 5.74) is 0. The maximum atomic E-state index is 0. The quantitative estimate of drug-likeness (QED) is 0.452. The van der Waals surface area contributed by atoms with Gasteiger partial charge in [-0.3, -0.25) is 0 Å². The molecule has 50 valence electrons. The Morgan fingerprint density at radius 3 is 0.333 bits per heavy atom. The van der Waals surface area contributed by atoms with Gasteiger partial charge >= 0.3 is 0 Å². The molecule has 0 unspecified atom stereocenters. The summed E-state index contributed by atoms with van der Waals surface area (Å²) >= 11 is 0. The molecule has 0 saturated carbocycles. The minimum atomic E-state index is 0. The van der Waals surface area contributed by atoms with Crippen LogP contribution in [0.1, 0.15) is 37.1 Å². The minimum Gasteiger partial charge on any atom is -0.0776 e. The van der Waals surface area contributed by atoms with Gasteiger partial charge in [0.05, 0.1) is 0 Å². The predicted octanol–water partition coefficient (Wildman–Crippen LogP) is 3.18. The van der Waals surface area contributed by atoms with Crippen LogP contribution >= 0.6 is 0 Å². The molecule has 0 bridgehead atoms. The van der Waals surface area contributed by atoms with Gasteiger partial charge < -0.3 is 0 Å². The first-order valence-electron chi connectivity index (χ1n) is 0. The van der Waals surface area contributed by atoms with Gasteiger partial charge in [-0.05, 0) is 0 Å². The Morgan fingerprint density at radius 1 is 0.333 bits per heavy atom. The van der Waals surface area contributed by atoms with Crippen molar-refractivity contribution < 1.29 is 16.5 Å². The van der Waals surface area contributed by atoms with Crippen LogP contribution in [-0.4, -0.2) is 0 Å². The fraction of sp³-hybridized carbons (Fsp3) is 1.00. The molecule has 6 heavy (non-hydrogen) atoms. The first kappa shape index (κ1) is 805. The number of rotatable bonds is 0. The van der Waals surface area contributed by atoms with Gasteiger partial charge in [0.15, 0.2) is 0 Å². The van der Waals surface area contributed by atoms with Gasteiger partial charge in [-0.2, -0.15) is 0 Å². The second kappa shape index (κ2) is 455. The van der Waals surface area contributed by atoms with Crippen LogP contribution in [0.4, 0.5) is 0 Å². The summed E-state index contributed by atoms with van der Waals surface area (Å²) in [6.45, 7) is 0. The summed E-state index contributed by atoms with van der Waals surface area (Å²) in [6, 6.07) is 0. The van der Waals surface area contributed by atoms with Crippen molar-refractivity contribution in [1.82, 2.24) is 0 Å². The average molecular weight is 139 g/mol. The van der Waals surface area contributed by atoms with Gasteiger partial charge in [-0.25, -0.2) is 0 Å². The molecule has 0 aliphatic carbocycles. The largest absolute Gasteiger partial charge is 0.0776 e. The molecular formula is C5H20Ni. The maximum absolute atomic E-state index is 0. The molecule has 0 aromatic heterocycles. The van der Waals surface area contributed by atoms with Crippen LogP contribution in [0.15, 0.2) is 0 Å². The molecule has 0 aromatic rings. The van der Waals surface area contributed by atoms with Crippen molar-refractivity contribution >= 4 is 0 Å². The van der Waals surface area contributed by atoms with Gasteiger partial charge in [0.25, 0.3) is 0 Å². The molecule has 0 rings (SSSR count). The van der Waals surface area contributed by atoms with Crippen molar-refractivity contribution in [1.29, 1.82) is 0 Å². The summed E-state index contributed by atoms with van der Waals surface area (Å²) < 4.78 is 0. The molecule has 0 atom stereocenters. The number of hydrogen-bond acceptors (Lipinski definition) is 0. The van der Waals surface area contributed by atoms with Crippen LogP contribution < -0.4 is 0 Å². The van der Waals surface area contributed by atoms with Gasteiger partial charge in [0.2, 0.25) is 0 Å². The third kappa shape index (κ3) is 225. The third-order valence-electron chi connectivity index (χ3n) is 0. The van der Waals surface area contributed by atoms with E-state index in [2.05, 4.69) is 0 Å². The van der Waals surface area contributed by atoms with Crippen molar-refractivity contribution in [3.8, 4) is 0 Å². The van der Waals surface area contributed by atoms with E-state index in [9.17, 15) is 0 Å². The Hall–Kier alpha value is 0.494. The zero-order valence-electron chi connectivity index (χ0n) is 0.316. The molecule has 0 radical (unpaired) electrons. The van der Waals surface area contributed by atoms with E-state index in [0.29, 0.717) is 0 Å². The van der Waals surface area contributed by atoms with E-state index in [4.69, 9.17) is 0 Å². The van der Waals surface area contributed by atoms with Crippen molar-refractivity contribution in [2.45, 2.75) is 37.1 Å². The zero-order valence-corrected chi connectivity index (χ0v) is 1.30. The summed E-state index contributed by atoms with van der Waals surface area (Å²) in [5, 5.41) is 0. The first-order valence-corrected chi connectivity index (χ1v) is 0. The normalized spacial score (nSPS) is 0. The van der Waals surface area contributed by atoms with E-state index in [0.717, 1.165) is 0 Å². The smallest absolute Gasteiger partial charge is 0 e. The zero-order chi connectivity index (χ0) is 0. The Labute approximate surface area is 54.3 Å². The van der Waals surface area contributed by atoms with Crippen LogP contribution in [0.5, 0.6) is 0 Å². The van der Waals surface area contributed by atoms with Crippen molar-refractivity contribution in [3.63, 3.8) is 0 Å². The SMILES string of the molecule is C.C.C.C.C.[Ni]. The molecule has 0 aromatic carbocycles. The Kier molecular flexibility index (Phi) is 61100. The fourth-order valence-corrected chi connectivity index (χ4v) is 0. The van der Waals surface area contributed by atoms with E-state index in [-0.39, 0.29) is 53.6 Å². The number of hydrogen-bond donors (Lipinski definition) is 0. The van der Waals surface area contributed by atoms with E-state index in [1.165, 1.54) is 0 Å². The van der Waals surface area contributed by atoms with Crippen LogP contribution in [0.3, 0.4) is 0 Å². The Balaban J connectivity index is 0. The molecule has 0 heterocycles. The predicted molar refractivity (Wildman–Crippen MR) is 33.7 cm³/mol. The molecule has 0 saturated heterocycles. The Bertz CT molecular complexity index is 3.90. The second-order valence-corrected chi connectivity index (χ2v) is 0. The van der Waals surface area contributed by atoms with E-state index in [1.807, 2.05) is 0 Å². The van der Waals surface area contributed by atoms with Gasteiger partial charge in [-0.15, -0.1) is 0 Å². The molecule has 0 amide bonds. The summed E-state index contributed by atoms with van der Waals surface area (Å²) in [7, 11) is 0. The van der Waals surface area contributed by atoms with Crippen LogP contribution in [-0.2, 0) is 16.5 Å². The molecule has 0 aliphatic heterocycles. The average Bonchev–Trinajstić information content (AvgIpc) is 0. The maximum Gasteiger partial charge on any atom is 0 e. The van der Waals surface area contributed by atoms with Crippen molar-refractivity contribution in [2.24, 2.45) is 0 Å². The van der Waals surface area contributed by atoms with Crippen LogP contribution in [0.2, 0.25) is 0 Å². The third-order valence-corrected chi connectivity index (χ3v) is 0. The molecule has 1 heteroatoms. The van der Waals surface area contributed by atoms with Crippen molar-refractivity contribution in [2.75, 3.05) is 0 Å². The Morgan fingerprint density at radius 2 is 0.333 bits per heavy atom.